The third-order valence-corrected chi connectivity index (χ3v) is 6.94. The topological polar surface area (TPSA) is 123 Å². The highest BCUT2D eigenvalue weighted by Gasteiger charge is 2.18. The van der Waals surface area contributed by atoms with Gasteiger partial charge in [0.15, 0.2) is 0 Å². The van der Waals surface area contributed by atoms with Crippen LogP contribution >= 0.6 is 15.9 Å². The smallest absolute Gasteiger partial charge is 0.243 e. The van der Waals surface area contributed by atoms with Crippen LogP contribution in [0.2, 0.25) is 0 Å². The number of nitrogens with one attached hydrogen (secondary N) is 2. The van der Waals surface area contributed by atoms with Gasteiger partial charge >= 0.3 is 0 Å². The number of rotatable bonds is 11. The Bertz CT molecular complexity index is 1270. The molecule has 0 aliphatic carbocycles. The fourth-order valence-electron chi connectivity index (χ4n) is 2.92. The number of phenolic OH excluding ortho intramolecular Hbond substituents is 2. The molecule has 0 radical (unpaired) electrons. The van der Waals surface area contributed by atoms with Crippen molar-refractivity contribution in [3.63, 3.8) is 0 Å². The maximum atomic E-state index is 13.9. The van der Waals surface area contributed by atoms with E-state index in [4.69, 9.17) is 0 Å². The van der Waals surface area contributed by atoms with E-state index in [2.05, 4.69) is 36.0 Å². The first kappa shape index (κ1) is 28.2. The van der Waals surface area contributed by atoms with E-state index in [-0.39, 0.29) is 18.0 Å². The Labute approximate surface area is 213 Å². The van der Waals surface area contributed by atoms with E-state index in [9.17, 15) is 23.0 Å². The van der Waals surface area contributed by atoms with Crippen molar-refractivity contribution in [2.45, 2.75) is 25.2 Å². The lowest BCUT2D eigenvalue weighted by Gasteiger charge is -2.11. The van der Waals surface area contributed by atoms with Gasteiger partial charge in [0.25, 0.3) is 0 Å². The van der Waals surface area contributed by atoms with Gasteiger partial charge < -0.3 is 15.5 Å². The SMILES string of the molecule is CN=C/C(Br)=C(C)/N=C(\C=C(/C)NCCCNS(=O)(=O)c1ccc(O)cc1F)c1ccccc1O. The zero-order valence-corrected chi connectivity index (χ0v) is 22.0. The summed E-state index contributed by atoms with van der Waals surface area (Å²) in [5, 5.41) is 22.7. The summed E-state index contributed by atoms with van der Waals surface area (Å²) >= 11 is 3.42. The summed E-state index contributed by atoms with van der Waals surface area (Å²) < 4.78 is 41.5. The van der Waals surface area contributed by atoms with Gasteiger partial charge in [-0.25, -0.2) is 17.5 Å². The predicted molar refractivity (Wildman–Crippen MR) is 140 cm³/mol. The van der Waals surface area contributed by atoms with Gasteiger partial charge in [0, 0.05) is 43.7 Å². The molecule has 0 aromatic heterocycles. The Balaban J connectivity index is 2.07. The van der Waals surface area contributed by atoms with Gasteiger partial charge in [-0.3, -0.25) is 9.98 Å². The maximum Gasteiger partial charge on any atom is 0.243 e. The Hall–Kier alpha value is -3.02. The van der Waals surface area contributed by atoms with E-state index in [0.29, 0.717) is 34.4 Å². The molecule has 0 saturated heterocycles. The average molecular weight is 567 g/mol. The summed E-state index contributed by atoms with van der Waals surface area (Å²) in [7, 11) is -2.39. The van der Waals surface area contributed by atoms with Crippen LogP contribution < -0.4 is 10.0 Å². The lowest BCUT2D eigenvalue weighted by atomic mass is 10.1. The minimum atomic E-state index is -4.04. The van der Waals surface area contributed by atoms with Gasteiger partial charge in [0.1, 0.15) is 22.2 Å². The van der Waals surface area contributed by atoms with Crippen LogP contribution in [0.25, 0.3) is 0 Å². The van der Waals surface area contributed by atoms with Crippen molar-refractivity contribution < 1.29 is 23.0 Å². The van der Waals surface area contributed by atoms with E-state index >= 15 is 0 Å². The van der Waals surface area contributed by atoms with Crippen molar-refractivity contribution in [3.8, 4) is 11.5 Å². The fraction of sp³-hybridized carbons (Fsp3) is 0.250. The number of nitrogens with zero attached hydrogens (tertiary/aromatic N) is 2. The molecule has 2 rings (SSSR count). The number of hydrogen-bond donors (Lipinski definition) is 4. The van der Waals surface area contributed by atoms with Crippen LogP contribution in [0.5, 0.6) is 11.5 Å². The van der Waals surface area contributed by atoms with Crippen molar-refractivity contribution in [1.29, 1.82) is 0 Å². The second kappa shape index (κ2) is 13.2. The van der Waals surface area contributed by atoms with Gasteiger partial charge in [-0.05, 0) is 66.5 Å². The molecule has 11 heteroatoms. The quantitative estimate of drug-likeness (QED) is 0.239. The molecule has 8 nitrogen and oxygen atoms in total. The van der Waals surface area contributed by atoms with Crippen molar-refractivity contribution in [2.75, 3.05) is 20.1 Å². The number of aromatic hydroxyl groups is 2. The second-order valence-electron chi connectivity index (χ2n) is 7.46. The highest BCUT2D eigenvalue weighted by molar-refractivity contribution is 9.12. The number of hydrogen-bond acceptors (Lipinski definition) is 7. The molecule has 0 fully saturated rings. The summed E-state index contributed by atoms with van der Waals surface area (Å²) in [5.41, 5.74) is 2.47. The van der Waals surface area contributed by atoms with Crippen LogP contribution in [0.4, 0.5) is 4.39 Å². The number of benzene rings is 2. The molecule has 35 heavy (non-hydrogen) atoms. The molecule has 0 atom stereocenters. The van der Waals surface area contributed by atoms with Crippen molar-refractivity contribution in [2.24, 2.45) is 9.98 Å². The van der Waals surface area contributed by atoms with Crippen LogP contribution in [-0.2, 0) is 10.0 Å². The molecule has 0 bridgehead atoms. The van der Waals surface area contributed by atoms with Crippen LogP contribution in [0.15, 0.2) is 79.3 Å². The van der Waals surface area contributed by atoms with Crippen molar-refractivity contribution in [1.82, 2.24) is 10.0 Å². The molecule has 0 aliphatic heterocycles. The van der Waals surface area contributed by atoms with Gasteiger partial charge in [0.2, 0.25) is 10.0 Å². The number of sulfonamides is 1. The first-order chi connectivity index (χ1) is 16.5. The Morgan fingerprint density at radius 2 is 1.86 bits per heavy atom. The molecule has 0 spiro atoms. The summed E-state index contributed by atoms with van der Waals surface area (Å²) in [6.07, 6.45) is 3.82. The molecular weight excluding hydrogens is 539 g/mol. The second-order valence-corrected chi connectivity index (χ2v) is 10.0. The summed E-state index contributed by atoms with van der Waals surface area (Å²) in [5.74, 6) is -1.29. The number of phenols is 2. The first-order valence-corrected chi connectivity index (χ1v) is 12.9. The van der Waals surface area contributed by atoms with Crippen LogP contribution in [0.3, 0.4) is 0 Å². The predicted octanol–water partition coefficient (Wildman–Crippen LogP) is 4.22. The zero-order chi connectivity index (χ0) is 26.0. The third kappa shape index (κ3) is 8.61. The van der Waals surface area contributed by atoms with Gasteiger partial charge in [-0.2, -0.15) is 0 Å². The molecule has 2 aromatic carbocycles. The molecule has 0 amide bonds. The first-order valence-electron chi connectivity index (χ1n) is 10.6. The van der Waals surface area contributed by atoms with E-state index in [1.165, 1.54) is 0 Å². The van der Waals surface area contributed by atoms with Gasteiger partial charge in [-0.1, -0.05) is 12.1 Å². The van der Waals surface area contributed by atoms with E-state index < -0.39 is 20.7 Å². The minimum absolute atomic E-state index is 0.0779. The Kier molecular flexibility index (Phi) is 10.6. The van der Waals surface area contributed by atoms with Crippen LogP contribution in [0.1, 0.15) is 25.8 Å². The molecule has 0 heterocycles. The van der Waals surface area contributed by atoms with Crippen molar-refractivity contribution >= 4 is 37.9 Å². The zero-order valence-electron chi connectivity index (χ0n) is 19.6. The lowest BCUT2D eigenvalue weighted by Crippen LogP contribution is -2.28. The summed E-state index contributed by atoms with van der Waals surface area (Å²) in [4.78, 5) is 8.07. The number of allylic oxidation sites excluding steroid dienone is 4. The summed E-state index contributed by atoms with van der Waals surface area (Å²) in [6, 6.07) is 9.72. The number of aliphatic imine (C=N–C) groups is 2. The maximum absolute atomic E-state index is 13.9. The standard InChI is InChI=1S/C24H28BrFN4O4S/c1-16(28-11-6-12-29-35(33,34)24-10-9-18(31)14-21(24)26)13-22(19-7-4-5-8-23(19)32)30-17(2)20(25)15-27-3/h4-5,7-10,13-15,28-29,31-32H,6,11-12H2,1-3H3/b16-13+,20-17-,27-15?,30-22+. The molecule has 188 valence electrons. The molecule has 2 aromatic rings. The number of halogens is 2. The van der Waals surface area contributed by atoms with Crippen molar-refractivity contribution in [3.05, 3.63) is 75.8 Å². The van der Waals surface area contributed by atoms with Crippen LogP contribution in [0, 0.1) is 5.82 Å². The summed E-state index contributed by atoms with van der Waals surface area (Å²) in [6.45, 7) is 4.14. The highest BCUT2D eigenvalue weighted by atomic mass is 79.9. The molecule has 0 saturated carbocycles. The van der Waals surface area contributed by atoms with Gasteiger partial charge in [0.05, 0.1) is 15.9 Å². The number of para-hydroxylation sites is 1. The van der Waals surface area contributed by atoms with E-state index in [1.807, 2.05) is 13.8 Å². The van der Waals surface area contributed by atoms with Crippen LogP contribution in [-0.4, -0.2) is 50.7 Å². The van der Waals surface area contributed by atoms with E-state index in [0.717, 1.165) is 23.9 Å². The Morgan fingerprint density at radius 3 is 2.51 bits per heavy atom. The largest absolute Gasteiger partial charge is 0.508 e. The molecular formula is C24H28BrFN4O4S. The molecule has 0 aliphatic rings. The minimum Gasteiger partial charge on any atom is -0.508 e. The fourth-order valence-corrected chi connectivity index (χ4v) is 4.35. The normalized spacial score (nSPS) is 13.7. The molecule has 4 N–H and O–H groups in total. The van der Waals surface area contributed by atoms with E-state index in [1.54, 1.807) is 43.6 Å². The lowest BCUT2D eigenvalue weighted by molar-refractivity contribution is 0.465. The third-order valence-electron chi connectivity index (χ3n) is 4.66. The highest BCUT2D eigenvalue weighted by Crippen LogP contribution is 2.21. The Morgan fingerprint density at radius 1 is 1.14 bits per heavy atom. The average Bonchev–Trinajstić information content (AvgIpc) is 2.78. The molecule has 0 unspecified atom stereocenters. The van der Waals surface area contributed by atoms with Gasteiger partial charge in [-0.15, -0.1) is 0 Å². The monoisotopic (exact) mass is 566 g/mol.